The molecule has 1 aromatic carbocycles. The van der Waals surface area contributed by atoms with Crippen LogP contribution in [0, 0.1) is 0 Å². The van der Waals surface area contributed by atoms with E-state index in [0.29, 0.717) is 17.1 Å². The summed E-state index contributed by atoms with van der Waals surface area (Å²) in [6.07, 6.45) is 0.830. The van der Waals surface area contributed by atoms with Gasteiger partial charge in [-0.25, -0.2) is 0 Å². The van der Waals surface area contributed by atoms with E-state index < -0.39 is 0 Å². The van der Waals surface area contributed by atoms with Crippen molar-refractivity contribution in [2.45, 2.75) is 25.8 Å². The molecule has 0 radical (unpaired) electrons. The molecule has 0 atom stereocenters. The van der Waals surface area contributed by atoms with Crippen molar-refractivity contribution in [2.75, 3.05) is 19.5 Å². The molecule has 0 aliphatic rings. The predicted octanol–water partition coefficient (Wildman–Crippen LogP) is 3.00. The molecule has 19 heavy (non-hydrogen) atoms. The minimum atomic E-state index is -0.299. The number of rotatable bonds is 6. The van der Waals surface area contributed by atoms with E-state index in [1.54, 1.807) is 18.2 Å². The van der Waals surface area contributed by atoms with Crippen molar-refractivity contribution in [1.82, 2.24) is 5.32 Å². The Labute approximate surface area is 122 Å². The molecule has 0 heterocycles. The summed E-state index contributed by atoms with van der Waals surface area (Å²) in [6, 6.07) is 5.28. The molecule has 0 unspecified atom stereocenters. The van der Waals surface area contributed by atoms with Crippen LogP contribution in [-0.2, 0) is 0 Å². The number of carbonyl (C=O) groups excluding carboxylic acids is 1. The van der Waals surface area contributed by atoms with Gasteiger partial charge in [0.2, 0.25) is 0 Å². The molecule has 0 saturated heterocycles. The van der Waals surface area contributed by atoms with Crippen LogP contribution in [0.1, 0.15) is 30.6 Å². The average molecular weight is 330 g/mol. The first kappa shape index (κ1) is 15.8. The highest BCUT2D eigenvalue weighted by molar-refractivity contribution is 9.09. The zero-order valence-corrected chi connectivity index (χ0v) is 13.3. The van der Waals surface area contributed by atoms with Crippen LogP contribution in [-0.4, -0.2) is 31.0 Å². The van der Waals surface area contributed by atoms with E-state index in [1.165, 1.54) is 14.2 Å². The molecular formula is C14H20BrNO3. The standard InChI is InChI=1S/C14H20BrNO3/c1-14(2,8-9-15)16-13(17)12-10(18-3)6-5-7-11(12)19-4/h5-7H,8-9H2,1-4H3,(H,16,17). The van der Waals surface area contributed by atoms with Gasteiger partial charge in [0.1, 0.15) is 17.1 Å². The Balaban J connectivity index is 3.05. The second-order valence-corrected chi connectivity index (χ2v) is 5.61. The largest absolute Gasteiger partial charge is 0.496 e. The summed E-state index contributed by atoms with van der Waals surface area (Å²) in [7, 11) is 3.07. The second kappa shape index (κ2) is 6.80. The van der Waals surface area contributed by atoms with Gasteiger partial charge >= 0.3 is 0 Å². The van der Waals surface area contributed by atoms with Gasteiger partial charge in [-0.3, -0.25) is 4.79 Å². The molecule has 5 heteroatoms. The first-order valence-corrected chi connectivity index (χ1v) is 7.17. The first-order chi connectivity index (χ1) is 8.95. The molecule has 106 valence electrons. The molecule has 4 nitrogen and oxygen atoms in total. The number of ether oxygens (including phenoxy) is 2. The average Bonchev–Trinajstić information content (AvgIpc) is 2.36. The van der Waals surface area contributed by atoms with Crippen LogP contribution in [0.2, 0.25) is 0 Å². The number of carbonyl (C=O) groups is 1. The molecule has 0 spiro atoms. The number of halogens is 1. The molecule has 1 aromatic rings. The van der Waals surface area contributed by atoms with Crippen molar-refractivity contribution in [3.8, 4) is 11.5 Å². The maximum atomic E-state index is 12.4. The molecule has 0 saturated carbocycles. The van der Waals surface area contributed by atoms with Crippen LogP contribution in [0.25, 0.3) is 0 Å². The third kappa shape index (κ3) is 4.13. The zero-order chi connectivity index (χ0) is 14.5. The van der Waals surface area contributed by atoms with Crippen LogP contribution in [0.4, 0.5) is 0 Å². The summed E-state index contributed by atoms with van der Waals surface area (Å²) < 4.78 is 10.5. The van der Waals surface area contributed by atoms with Crippen LogP contribution in [0.3, 0.4) is 0 Å². The fraction of sp³-hybridized carbons (Fsp3) is 0.500. The van der Waals surface area contributed by atoms with Gasteiger partial charge in [-0.15, -0.1) is 0 Å². The highest BCUT2D eigenvalue weighted by Gasteiger charge is 2.24. The smallest absolute Gasteiger partial charge is 0.259 e. The Morgan fingerprint density at radius 3 is 2.21 bits per heavy atom. The van der Waals surface area contributed by atoms with Gasteiger partial charge in [0.05, 0.1) is 14.2 Å². The van der Waals surface area contributed by atoms with Crippen molar-refractivity contribution >= 4 is 21.8 Å². The Bertz CT molecular complexity index is 424. The molecular weight excluding hydrogens is 310 g/mol. The molecule has 1 rings (SSSR count). The zero-order valence-electron chi connectivity index (χ0n) is 11.7. The molecule has 0 fully saturated rings. The van der Waals surface area contributed by atoms with Gasteiger partial charge < -0.3 is 14.8 Å². The fourth-order valence-corrected chi connectivity index (χ4v) is 2.73. The van der Waals surface area contributed by atoms with Crippen LogP contribution in [0.15, 0.2) is 18.2 Å². The molecule has 1 N–H and O–H groups in total. The molecule has 0 aliphatic carbocycles. The Morgan fingerprint density at radius 2 is 1.79 bits per heavy atom. The topological polar surface area (TPSA) is 47.6 Å². The highest BCUT2D eigenvalue weighted by atomic mass is 79.9. The van der Waals surface area contributed by atoms with Gasteiger partial charge in [-0.2, -0.15) is 0 Å². The third-order valence-corrected chi connectivity index (χ3v) is 3.22. The Kier molecular flexibility index (Phi) is 5.66. The summed E-state index contributed by atoms with van der Waals surface area (Å²) in [6.45, 7) is 3.96. The van der Waals surface area contributed by atoms with E-state index in [4.69, 9.17) is 9.47 Å². The number of benzene rings is 1. The molecule has 1 amide bonds. The van der Waals surface area contributed by atoms with Gasteiger partial charge in [-0.1, -0.05) is 22.0 Å². The van der Waals surface area contributed by atoms with Crippen molar-refractivity contribution in [2.24, 2.45) is 0 Å². The molecule has 0 aliphatic heterocycles. The Morgan fingerprint density at radius 1 is 1.26 bits per heavy atom. The van der Waals surface area contributed by atoms with Crippen molar-refractivity contribution in [1.29, 1.82) is 0 Å². The molecule has 0 bridgehead atoms. The maximum absolute atomic E-state index is 12.4. The minimum Gasteiger partial charge on any atom is -0.496 e. The van der Waals surface area contributed by atoms with Crippen LogP contribution >= 0.6 is 15.9 Å². The monoisotopic (exact) mass is 329 g/mol. The van der Waals surface area contributed by atoms with Gasteiger partial charge in [0.15, 0.2) is 0 Å². The summed E-state index contributed by atoms with van der Waals surface area (Å²) in [5.74, 6) is 0.818. The molecule has 0 aromatic heterocycles. The number of nitrogens with one attached hydrogen (secondary N) is 1. The maximum Gasteiger partial charge on any atom is 0.259 e. The summed E-state index contributed by atoms with van der Waals surface area (Å²) in [5, 5.41) is 3.82. The fourth-order valence-electron chi connectivity index (χ4n) is 1.74. The number of hydrogen-bond donors (Lipinski definition) is 1. The van der Waals surface area contributed by atoms with E-state index in [0.717, 1.165) is 11.8 Å². The van der Waals surface area contributed by atoms with Gasteiger partial charge in [-0.05, 0) is 32.4 Å². The summed E-state index contributed by atoms with van der Waals surface area (Å²) in [5.41, 5.74) is 0.127. The van der Waals surface area contributed by atoms with E-state index in [1.807, 2.05) is 13.8 Å². The minimum absolute atomic E-state index is 0.194. The lowest BCUT2D eigenvalue weighted by Gasteiger charge is -2.26. The van der Waals surface area contributed by atoms with E-state index in [2.05, 4.69) is 21.2 Å². The second-order valence-electron chi connectivity index (χ2n) is 4.81. The lowest BCUT2D eigenvalue weighted by Crippen LogP contribution is -2.43. The van der Waals surface area contributed by atoms with E-state index in [9.17, 15) is 4.79 Å². The van der Waals surface area contributed by atoms with Gasteiger partial charge in [0.25, 0.3) is 5.91 Å². The van der Waals surface area contributed by atoms with Crippen LogP contribution in [0.5, 0.6) is 11.5 Å². The van der Waals surface area contributed by atoms with Crippen LogP contribution < -0.4 is 14.8 Å². The normalized spacial score (nSPS) is 11.0. The van der Waals surface area contributed by atoms with Gasteiger partial charge in [0, 0.05) is 10.9 Å². The number of hydrogen-bond acceptors (Lipinski definition) is 3. The SMILES string of the molecule is COc1cccc(OC)c1C(=O)NC(C)(C)CCBr. The number of alkyl halides is 1. The summed E-state index contributed by atoms with van der Waals surface area (Å²) >= 11 is 3.39. The van der Waals surface area contributed by atoms with Crippen molar-refractivity contribution in [3.63, 3.8) is 0 Å². The van der Waals surface area contributed by atoms with Crippen molar-refractivity contribution < 1.29 is 14.3 Å². The number of methoxy groups -OCH3 is 2. The predicted molar refractivity (Wildman–Crippen MR) is 79.5 cm³/mol. The lowest BCUT2D eigenvalue weighted by atomic mass is 10.0. The van der Waals surface area contributed by atoms with Crippen molar-refractivity contribution in [3.05, 3.63) is 23.8 Å². The quantitative estimate of drug-likeness (QED) is 0.816. The summed E-state index contributed by atoms with van der Waals surface area (Å²) in [4.78, 5) is 12.4. The number of amides is 1. The van der Waals surface area contributed by atoms with E-state index in [-0.39, 0.29) is 11.4 Å². The Hall–Kier alpha value is -1.23. The first-order valence-electron chi connectivity index (χ1n) is 6.04. The van der Waals surface area contributed by atoms with E-state index >= 15 is 0 Å². The third-order valence-electron chi connectivity index (χ3n) is 2.83. The lowest BCUT2D eigenvalue weighted by molar-refractivity contribution is 0.0905. The highest BCUT2D eigenvalue weighted by Crippen LogP contribution is 2.28.